The fourth-order valence-electron chi connectivity index (χ4n) is 3.56. The summed E-state index contributed by atoms with van der Waals surface area (Å²) in [6.07, 6.45) is 3.69. The van der Waals surface area contributed by atoms with Crippen molar-refractivity contribution in [1.82, 2.24) is 15.5 Å². The normalized spacial score (nSPS) is 17.3. The molecule has 1 aliphatic rings. The molecule has 1 unspecified atom stereocenters. The lowest BCUT2D eigenvalue weighted by atomic mass is 10.0. The molecule has 1 amide bonds. The molecule has 1 heterocycles. The summed E-state index contributed by atoms with van der Waals surface area (Å²) in [7, 11) is 0. The maximum absolute atomic E-state index is 11.7. The quantitative estimate of drug-likeness (QED) is 0.634. The number of aromatic hydroxyl groups is 1. The van der Waals surface area contributed by atoms with Crippen LogP contribution in [-0.2, 0) is 11.2 Å². The number of hydrogen-bond donors (Lipinski definition) is 3. The Bertz CT molecular complexity index is 607. The number of piperidine rings is 1. The standard InChI is InChI=1S/C22H37N3O3/c1-17(9-13-24-21(27)28-22(2,3)4)25-15-11-19(12-16-25)23-14-10-18-7-5-6-8-20(18)26/h5-8,17,19,23,26H,9-16H2,1-4H3,(H,24,27). The number of nitrogens with zero attached hydrogens (tertiary/aromatic N) is 1. The molecule has 1 aromatic rings. The van der Waals surface area contributed by atoms with E-state index in [9.17, 15) is 9.90 Å². The molecule has 1 aliphatic heterocycles. The van der Waals surface area contributed by atoms with Crippen LogP contribution in [0.1, 0.15) is 52.5 Å². The van der Waals surface area contributed by atoms with Crippen LogP contribution < -0.4 is 10.6 Å². The number of ether oxygens (including phenoxy) is 1. The predicted octanol–water partition coefficient (Wildman–Crippen LogP) is 3.29. The molecule has 0 aromatic heterocycles. The minimum atomic E-state index is -0.455. The van der Waals surface area contributed by atoms with Crippen LogP contribution in [0.25, 0.3) is 0 Å². The monoisotopic (exact) mass is 391 g/mol. The van der Waals surface area contributed by atoms with Crippen molar-refractivity contribution in [1.29, 1.82) is 0 Å². The highest BCUT2D eigenvalue weighted by molar-refractivity contribution is 5.67. The lowest BCUT2D eigenvalue weighted by molar-refractivity contribution is 0.0520. The van der Waals surface area contributed by atoms with Crippen molar-refractivity contribution in [3.63, 3.8) is 0 Å². The van der Waals surface area contributed by atoms with Gasteiger partial charge in [0.1, 0.15) is 11.4 Å². The molecule has 3 N–H and O–H groups in total. The Morgan fingerprint density at radius 2 is 1.93 bits per heavy atom. The van der Waals surface area contributed by atoms with Crippen LogP contribution in [0.3, 0.4) is 0 Å². The Morgan fingerprint density at radius 1 is 1.25 bits per heavy atom. The lowest BCUT2D eigenvalue weighted by Crippen LogP contribution is -2.47. The summed E-state index contributed by atoms with van der Waals surface area (Å²) in [6.45, 7) is 11.5. The van der Waals surface area contributed by atoms with E-state index in [2.05, 4.69) is 22.5 Å². The topological polar surface area (TPSA) is 73.8 Å². The molecule has 0 aliphatic carbocycles. The van der Waals surface area contributed by atoms with E-state index < -0.39 is 5.60 Å². The van der Waals surface area contributed by atoms with E-state index in [1.54, 1.807) is 6.07 Å². The third kappa shape index (κ3) is 8.07. The second-order valence-corrected chi connectivity index (χ2v) is 8.71. The molecule has 1 saturated heterocycles. The number of alkyl carbamates (subject to hydrolysis) is 1. The van der Waals surface area contributed by atoms with Gasteiger partial charge in [-0.2, -0.15) is 0 Å². The first-order valence-electron chi connectivity index (χ1n) is 10.5. The van der Waals surface area contributed by atoms with Crippen molar-refractivity contribution in [3.8, 4) is 5.75 Å². The van der Waals surface area contributed by atoms with Gasteiger partial charge in [0.2, 0.25) is 0 Å². The van der Waals surface area contributed by atoms with Crippen LogP contribution in [0, 0.1) is 0 Å². The number of carbonyl (C=O) groups is 1. The van der Waals surface area contributed by atoms with Gasteiger partial charge in [0.15, 0.2) is 0 Å². The third-order valence-electron chi connectivity index (χ3n) is 5.20. The minimum absolute atomic E-state index is 0.341. The second-order valence-electron chi connectivity index (χ2n) is 8.71. The molecular weight excluding hydrogens is 354 g/mol. The molecule has 0 saturated carbocycles. The smallest absolute Gasteiger partial charge is 0.407 e. The predicted molar refractivity (Wildman–Crippen MR) is 113 cm³/mol. The summed E-state index contributed by atoms with van der Waals surface area (Å²) in [6, 6.07) is 8.52. The van der Waals surface area contributed by atoms with E-state index in [0.29, 0.717) is 24.4 Å². The van der Waals surface area contributed by atoms with Crippen LogP contribution in [0.15, 0.2) is 24.3 Å². The van der Waals surface area contributed by atoms with Crippen molar-refractivity contribution in [2.24, 2.45) is 0 Å². The van der Waals surface area contributed by atoms with Crippen molar-refractivity contribution in [3.05, 3.63) is 29.8 Å². The van der Waals surface area contributed by atoms with Crippen molar-refractivity contribution >= 4 is 6.09 Å². The van der Waals surface area contributed by atoms with Crippen molar-refractivity contribution < 1.29 is 14.6 Å². The van der Waals surface area contributed by atoms with Gasteiger partial charge in [-0.25, -0.2) is 4.79 Å². The Kier molecular flexibility index (Phi) is 8.58. The molecule has 0 spiro atoms. The summed E-state index contributed by atoms with van der Waals surface area (Å²) in [4.78, 5) is 14.2. The zero-order valence-corrected chi connectivity index (χ0v) is 17.8. The highest BCUT2D eigenvalue weighted by Gasteiger charge is 2.22. The number of rotatable bonds is 8. The number of amides is 1. The molecule has 6 heteroatoms. The highest BCUT2D eigenvalue weighted by atomic mass is 16.6. The van der Waals surface area contributed by atoms with Gasteiger partial charge >= 0.3 is 6.09 Å². The van der Waals surface area contributed by atoms with Gasteiger partial charge in [-0.15, -0.1) is 0 Å². The van der Waals surface area contributed by atoms with Gasteiger partial charge < -0.3 is 25.4 Å². The van der Waals surface area contributed by atoms with E-state index >= 15 is 0 Å². The van der Waals surface area contributed by atoms with Gasteiger partial charge in [0, 0.05) is 18.6 Å². The molecule has 0 bridgehead atoms. The highest BCUT2D eigenvalue weighted by Crippen LogP contribution is 2.17. The summed E-state index contributed by atoms with van der Waals surface area (Å²) in [5.74, 6) is 0.382. The molecule has 1 atom stereocenters. The van der Waals surface area contributed by atoms with Crippen LogP contribution in [-0.4, -0.2) is 60.0 Å². The Morgan fingerprint density at radius 3 is 2.57 bits per heavy atom. The first kappa shape index (κ1) is 22.5. The molecule has 0 radical (unpaired) electrons. The van der Waals surface area contributed by atoms with E-state index in [0.717, 1.165) is 50.9 Å². The Hall–Kier alpha value is -1.79. The lowest BCUT2D eigenvalue weighted by Gasteiger charge is -2.36. The number of carbonyl (C=O) groups excluding carboxylic acids is 1. The zero-order valence-electron chi connectivity index (χ0n) is 17.8. The molecule has 158 valence electrons. The molecule has 1 fully saturated rings. The largest absolute Gasteiger partial charge is 0.508 e. The Balaban J connectivity index is 1.59. The summed E-state index contributed by atoms with van der Waals surface area (Å²) in [5.41, 5.74) is 0.544. The molecule has 2 rings (SSSR count). The van der Waals surface area contributed by atoms with Gasteiger partial charge in [-0.3, -0.25) is 0 Å². The average Bonchev–Trinajstić information content (AvgIpc) is 2.62. The maximum atomic E-state index is 11.7. The van der Waals surface area contributed by atoms with Crippen LogP contribution >= 0.6 is 0 Å². The SMILES string of the molecule is CC(CCNC(=O)OC(C)(C)C)N1CCC(NCCc2ccccc2O)CC1. The number of hydrogen-bond acceptors (Lipinski definition) is 5. The van der Waals surface area contributed by atoms with Gasteiger partial charge in [0.25, 0.3) is 0 Å². The zero-order chi connectivity index (χ0) is 20.6. The minimum Gasteiger partial charge on any atom is -0.508 e. The number of benzene rings is 1. The van der Waals surface area contributed by atoms with E-state index in [4.69, 9.17) is 4.74 Å². The van der Waals surface area contributed by atoms with Crippen LogP contribution in [0.5, 0.6) is 5.75 Å². The average molecular weight is 392 g/mol. The van der Waals surface area contributed by atoms with Gasteiger partial charge in [-0.1, -0.05) is 18.2 Å². The van der Waals surface area contributed by atoms with E-state index in [1.165, 1.54) is 0 Å². The second kappa shape index (κ2) is 10.7. The number of para-hydroxylation sites is 1. The summed E-state index contributed by atoms with van der Waals surface area (Å²) in [5, 5.41) is 16.3. The van der Waals surface area contributed by atoms with E-state index in [1.807, 2.05) is 39.0 Å². The number of nitrogens with one attached hydrogen (secondary N) is 2. The summed E-state index contributed by atoms with van der Waals surface area (Å²) >= 11 is 0. The molecule has 28 heavy (non-hydrogen) atoms. The van der Waals surface area contributed by atoms with Crippen LogP contribution in [0.2, 0.25) is 0 Å². The first-order valence-corrected chi connectivity index (χ1v) is 10.5. The fourth-order valence-corrected chi connectivity index (χ4v) is 3.56. The third-order valence-corrected chi connectivity index (χ3v) is 5.20. The number of phenols is 1. The van der Waals surface area contributed by atoms with Gasteiger partial charge in [-0.05, 0) is 84.6 Å². The van der Waals surface area contributed by atoms with Crippen LogP contribution in [0.4, 0.5) is 4.79 Å². The molecule has 1 aromatic carbocycles. The first-order chi connectivity index (χ1) is 13.2. The molecule has 6 nitrogen and oxygen atoms in total. The van der Waals surface area contributed by atoms with E-state index in [-0.39, 0.29) is 6.09 Å². The van der Waals surface area contributed by atoms with Gasteiger partial charge in [0.05, 0.1) is 0 Å². The number of phenolic OH excluding ortho intramolecular Hbond substituents is 1. The fraction of sp³-hybridized carbons (Fsp3) is 0.682. The maximum Gasteiger partial charge on any atom is 0.407 e. The summed E-state index contributed by atoms with van der Waals surface area (Å²) < 4.78 is 5.27. The van der Waals surface area contributed by atoms with Crippen molar-refractivity contribution in [2.75, 3.05) is 26.2 Å². The Labute approximate surface area is 169 Å². The number of likely N-dealkylation sites (tertiary alicyclic amines) is 1. The van der Waals surface area contributed by atoms with Crippen molar-refractivity contribution in [2.45, 2.75) is 71.1 Å². The molecular formula is C22H37N3O3.